The highest BCUT2D eigenvalue weighted by Crippen LogP contribution is 2.38. The SMILES string of the molecule is COCCCc1ccc(C[C@@H]2C=C(C)[C@@H](O)C[C@@H]2C(C)(C)O)cc1. The quantitative estimate of drug-likeness (QED) is 0.593. The van der Waals surface area contributed by atoms with Crippen molar-refractivity contribution in [2.24, 2.45) is 11.8 Å². The smallest absolute Gasteiger partial charge is 0.0751 e. The number of ether oxygens (including phenoxy) is 1. The maximum absolute atomic E-state index is 10.5. The summed E-state index contributed by atoms with van der Waals surface area (Å²) in [5.74, 6) is 0.324. The third-order valence-corrected chi connectivity index (χ3v) is 5.21. The van der Waals surface area contributed by atoms with Crippen molar-refractivity contribution in [3.63, 3.8) is 0 Å². The minimum Gasteiger partial charge on any atom is -0.390 e. The van der Waals surface area contributed by atoms with E-state index < -0.39 is 11.7 Å². The Morgan fingerprint density at radius 2 is 1.79 bits per heavy atom. The lowest BCUT2D eigenvalue weighted by Gasteiger charge is -2.40. The molecule has 24 heavy (non-hydrogen) atoms. The van der Waals surface area contributed by atoms with E-state index in [1.807, 2.05) is 20.8 Å². The van der Waals surface area contributed by atoms with Crippen LogP contribution in [0.1, 0.15) is 44.7 Å². The van der Waals surface area contributed by atoms with Crippen LogP contribution in [0.15, 0.2) is 35.9 Å². The van der Waals surface area contributed by atoms with Crippen LogP contribution in [0.25, 0.3) is 0 Å². The maximum atomic E-state index is 10.5. The highest BCUT2D eigenvalue weighted by molar-refractivity contribution is 5.25. The van der Waals surface area contributed by atoms with Crippen molar-refractivity contribution in [2.75, 3.05) is 13.7 Å². The average molecular weight is 332 g/mol. The normalized spacial score (nSPS) is 24.8. The molecule has 0 fully saturated rings. The molecule has 0 saturated heterocycles. The standard InChI is InChI=1S/C21H32O3/c1-15-12-18(19(14-20(15)22)21(2,3)23)13-17-9-7-16(8-10-17)6-5-11-24-4/h7-10,12,18-20,22-23H,5-6,11,13-14H2,1-4H3/t18-,19-,20-/m0/s1. The number of benzene rings is 1. The van der Waals surface area contributed by atoms with Gasteiger partial charge in [-0.25, -0.2) is 0 Å². The summed E-state index contributed by atoms with van der Waals surface area (Å²) in [6.45, 7) is 6.48. The fourth-order valence-corrected chi connectivity index (χ4v) is 3.71. The molecule has 2 rings (SSSR count). The predicted molar refractivity (Wildman–Crippen MR) is 98.0 cm³/mol. The fourth-order valence-electron chi connectivity index (χ4n) is 3.71. The Kier molecular flexibility index (Phi) is 6.62. The van der Waals surface area contributed by atoms with Gasteiger partial charge in [-0.1, -0.05) is 30.3 Å². The summed E-state index contributed by atoms with van der Waals surface area (Å²) in [7, 11) is 1.73. The molecule has 0 bridgehead atoms. The second-order valence-corrected chi connectivity index (χ2v) is 7.70. The molecular formula is C21H32O3. The van der Waals surface area contributed by atoms with E-state index in [2.05, 4.69) is 30.3 Å². The van der Waals surface area contributed by atoms with Gasteiger partial charge in [0.25, 0.3) is 0 Å². The zero-order valence-electron chi connectivity index (χ0n) is 15.5. The van der Waals surface area contributed by atoms with E-state index in [0.717, 1.165) is 31.4 Å². The van der Waals surface area contributed by atoms with Gasteiger partial charge < -0.3 is 14.9 Å². The first-order valence-electron chi connectivity index (χ1n) is 8.96. The molecule has 0 spiro atoms. The topological polar surface area (TPSA) is 49.7 Å². The Morgan fingerprint density at radius 3 is 2.38 bits per heavy atom. The van der Waals surface area contributed by atoms with Crippen molar-refractivity contribution in [1.82, 2.24) is 0 Å². The van der Waals surface area contributed by atoms with Gasteiger partial charge in [-0.05, 0) is 75.0 Å². The number of aliphatic hydroxyl groups excluding tert-OH is 1. The fraction of sp³-hybridized carbons (Fsp3) is 0.619. The van der Waals surface area contributed by atoms with Crippen LogP contribution in [0.2, 0.25) is 0 Å². The highest BCUT2D eigenvalue weighted by Gasteiger charge is 2.37. The molecule has 3 nitrogen and oxygen atoms in total. The van der Waals surface area contributed by atoms with Gasteiger partial charge in [0.1, 0.15) is 0 Å². The van der Waals surface area contributed by atoms with Crippen LogP contribution in [0.3, 0.4) is 0 Å². The summed E-state index contributed by atoms with van der Waals surface area (Å²) in [5, 5.41) is 20.7. The summed E-state index contributed by atoms with van der Waals surface area (Å²) in [5.41, 5.74) is 2.85. The van der Waals surface area contributed by atoms with Crippen molar-refractivity contribution < 1.29 is 14.9 Å². The number of hydrogen-bond acceptors (Lipinski definition) is 3. The summed E-state index contributed by atoms with van der Waals surface area (Å²) in [4.78, 5) is 0. The lowest BCUT2D eigenvalue weighted by molar-refractivity contribution is -0.0264. The van der Waals surface area contributed by atoms with Crippen LogP contribution in [0.4, 0.5) is 0 Å². The minimum absolute atomic E-state index is 0.0672. The highest BCUT2D eigenvalue weighted by atomic mass is 16.5. The van der Waals surface area contributed by atoms with E-state index >= 15 is 0 Å². The Morgan fingerprint density at radius 1 is 1.17 bits per heavy atom. The Hall–Kier alpha value is -1.16. The van der Waals surface area contributed by atoms with E-state index in [-0.39, 0.29) is 11.8 Å². The van der Waals surface area contributed by atoms with Gasteiger partial charge in [0.2, 0.25) is 0 Å². The van der Waals surface area contributed by atoms with Crippen molar-refractivity contribution in [1.29, 1.82) is 0 Å². The van der Waals surface area contributed by atoms with Crippen molar-refractivity contribution in [3.8, 4) is 0 Å². The van der Waals surface area contributed by atoms with Crippen LogP contribution in [0, 0.1) is 11.8 Å². The summed E-state index contributed by atoms with van der Waals surface area (Å²) < 4.78 is 5.10. The molecule has 0 amide bonds. The first kappa shape index (κ1) is 19.2. The lowest BCUT2D eigenvalue weighted by Crippen LogP contribution is -2.41. The van der Waals surface area contributed by atoms with Gasteiger partial charge in [0.05, 0.1) is 11.7 Å². The third kappa shape index (κ3) is 5.17. The number of rotatable bonds is 7. The Labute approximate surface area is 146 Å². The van der Waals surface area contributed by atoms with Crippen LogP contribution in [-0.2, 0) is 17.6 Å². The Balaban J connectivity index is 2.07. The summed E-state index contributed by atoms with van der Waals surface area (Å²) >= 11 is 0. The third-order valence-electron chi connectivity index (χ3n) is 5.21. The molecule has 1 aliphatic rings. The van der Waals surface area contributed by atoms with Gasteiger partial charge in [-0.3, -0.25) is 0 Å². The van der Waals surface area contributed by atoms with Gasteiger partial charge in [0, 0.05) is 13.7 Å². The zero-order valence-corrected chi connectivity index (χ0v) is 15.5. The number of allylic oxidation sites excluding steroid dienone is 1. The van der Waals surface area contributed by atoms with E-state index in [0.29, 0.717) is 6.42 Å². The van der Waals surface area contributed by atoms with Gasteiger partial charge >= 0.3 is 0 Å². The second-order valence-electron chi connectivity index (χ2n) is 7.70. The zero-order chi connectivity index (χ0) is 17.7. The molecule has 3 atom stereocenters. The number of aliphatic hydroxyl groups is 2. The summed E-state index contributed by atoms with van der Waals surface area (Å²) in [6.07, 6.45) is 5.33. The molecule has 1 aliphatic carbocycles. The van der Waals surface area contributed by atoms with Crippen molar-refractivity contribution in [2.45, 2.75) is 58.2 Å². The molecule has 1 aromatic carbocycles. The number of hydrogen-bond donors (Lipinski definition) is 2. The predicted octanol–water partition coefficient (Wildman–Crippen LogP) is 3.52. The van der Waals surface area contributed by atoms with E-state index in [1.165, 1.54) is 11.1 Å². The van der Waals surface area contributed by atoms with Crippen LogP contribution < -0.4 is 0 Å². The molecule has 0 heterocycles. The number of methoxy groups -OCH3 is 1. The molecule has 0 saturated carbocycles. The van der Waals surface area contributed by atoms with Gasteiger partial charge in [-0.2, -0.15) is 0 Å². The molecule has 0 unspecified atom stereocenters. The largest absolute Gasteiger partial charge is 0.390 e. The molecule has 0 aromatic heterocycles. The molecular weight excluding hydrogens is 300 g/mol. The first-order chi connectivity index (χ1) is 11.3. The van der Waals surface area contributed by atoms with Crippen molar-refractivity contribution >= 4 is 0 Å². The minimum atomic E-state index is -0.789. The van der Waals surface area contributed by atoms with Gasteiger partial charge in [0.15, 0.2) is 0 Å². The average Bonchev–Trinajstić information content (AvgIpc) is 2.51. The van der Waals surface area contributed by atoms with Crippen LogP contribution in [-0.4, -0.2) is 35.6 Å². The molecule has 0 aliphatic heterocycles. The summed E-state index contributed by atoms with van der Waals surface area (Å²) in [6, 6.07) is 8.77. The van der Waals surface area contributed by atoms with E-state index in [1.54, 1.807) is 7.11 Å². The number of aryl methyl sites for hydroxylation is 1. The second kappa shape index (κ2) is 8.28. The van der Waals surface area contributed by atoms with E-state index in [4.69, 9.17) is 4.74 Å². The molecule has 1 aromatic rings. The van der Waals surface area contributed by atoms with Crippen LogP contribution in [0.5, 0.6) is 0 Å². The monoisotopic (exact) mass is 332 g/mol. The van der Waals surface area contributed by atoms with Gasteiger partial charge in [-0.15, -0.1) is 0 Å². The molecule has 134 valence electrons. The molecule has 2 N–H and O–H groups in total. The maximum Gasteiger partial charge on any atom is 0.0751 e. The van der Waals surface area contributed by atoms with Crippen LogP contribution >= 0.6 is 0 Å². The van der Waals surface area contributed by atoms with E-state index in [9.17, 15) is 10.2 Å². The first-order valence-corrected chi connectivity index (χ1v) is 8.96. The molecule has 0 radical (unpaired) electrons. The Bertz CT molecular complexity index is 539. The molecule has 3 heteroatoms. The lowest BCUT2D eigenvalue weighted by atomic mass is 9.70. The van der Waals surface area contributed by atoms with Crippen molar-refractivity contribution in [3.05, 3.63) is 47.0 Å².